The minimum absolute atomic E-state index is 0.0136. The number of nitrogens with zero attached hydrogens (tertiary/aromatic N) is 2. The van der Waals surface area contributed by atoms with E-state index >= 15 is 0 Å². The van der Waals surface area contributed by atoms with Gasteiger partial charge in [-0.25, -0.2) is 0 Å². The van der Waals surface area contributed by atoms with E-state index in [1.54, 1.807) is 0 Å². The normalized spacial score (nSPS) is 18.1. The number of carbonyl (C=O) groups excluding carboxylic acids is 2. The number of hydrogen-bond donors (Lipinski definition) is 1. The van der Waals surface area contributed by atoms with Crippen LogP contribution in [0.2, 0.25) is 0 Å². The molecule has 2 aliphatic rings. The van der Waals surface area contributed by atoms with Crippen LogP contribution in [-0.4, -0.2) is 42.9 Å². The Morgan fingerprint density at radius 3 is 2.26 bits per heavy atom. The Bertz CT molecular complexity index is 838. The molecule has 1 aliphatic heterocycles. The second-order valence-corrected chi connectivity index (χ2v) is 7.52. The molecule has 1 saturated carbocycles. The van der Waals surface area contributed by atoms with Crippen molar-refractivity contribution in [1.29, 1.82) is 0 Å². The molecule has 0 bridgehead atoms. The van der Waals surface area contributed by atoms with E-state index in [4.69, 9.17) is 0 Å². The molecule has 0 unspecified atom stereocenters. The molecule has 140 valence electrons. The second kappa shape index (κ2) is 7.06. The molecule has 0 atom stereocenters. The third kappa shape index (κ3) is 3.54. The number of carbonyl (C=O) groups is 2. The largest absolute Gasteiger partial charge is 0.368 e. The number of anilines is 2. The average molecular weight is 363 g/mol. The van der Waals surface area contributed by atoms with E-state index in [0.29, 0.717) is 25.9 Å². The Labute approximate surface area is 160 Å². The van der Waals surface area contributed by atoms with Crippen LogP contribution in [0.4, 0.5) is 11.4 Å². The number of nitrogens with one attached hydrogen (secondary N) is 1. The number of aryl methyl sites for hydroxylation is 1. The van der Waals surface area contributed by atoms with Gasteiger partial charge in [-0.15, -0.1) is 0 Å². The number of amides is 2. The summed E-state index contributed by atoms with van der Waals surface area (Å²) in [5.41, 5.74) is 2.16. The maximum absolute atomic E-state index is 13.1. The molecule has 2 fully saturated rings. The Morgan fingerprint density at radius 2 is 1.63 bits per heavy atom. The van der Waals surface area contributed by atoms with Crippen molar-refractivity contribution in [3.63, 3.8) is 0 Å². The molecule has 0 spiro atoms. The monoisotopic (exact) mass is 363 g/mol. The van der Waals surface area contributed by atoms with Crippen LogP contribution < -0.4 is 10.2 Å². The SMILES string of the molecule is Cc1cccc(NC(=O)C2(C(=O)N3CCN(c4ccccc4)CC3)CC2)c1. The van der Waals surface area contributed by atoms with E-state index in [1.807, 2.05) is 54.3 Å². The Balaban J connectivity index is 1.38. The van der Waals surface area contributed by atoms with Gasteiger partial charge in [0.05, 0.1) is 0 Å². The summed E-state index contributed by atoms with van der Waals surface area (Å²) in [7, 11) is 0. The van der Waals surface area contributed by atoms with Crippen molar-refractivity contribution in [2.45, 2.75) is 19.8 Å². The molecule has 2 aromatic carbocycles. The smallest absolute Gasteiger partial charge is 0.240 e. The van der Waals surface area contributed by atoms with Crippen molar-refractivity contribution in [1.82, 2.24) is 4.90 Å². The highest BCUT2D eigenvalue weighted by Crippen LogP contribution is 2.48. The fraction of sp³-hybridized carbons (Fsp3) is 0.364. The molecule has 0 radical (unpaired) electrons. The summed E-state index contributed by atoms with van der Waals surface area (Å²) < 4.78 is 0. The van der Waals surface area contributed by atoms with Gasteiger partial charge in [-0.3, -0.25) is 9.59 Å². The van der Waals surface area contributed by atoms with Gasteiger partial charge in [0.2, 0.25) is 11.8 Å². The lowest BCUT2D eigenvalue weighted by molar-refractivity contribution is -0.142. The first kappa shape index (κ1) is 17.6. The highest BCUT2D eigenvalue weighted by molar-refractivity contribution is 6.13. The fourth-order valence-corrected chi connectivity index (χ4v) is 3.75. The lowest BCUT2D eigenvalue weighted by Crippen LogP contribution is -2.52. The summed E-state index contributed by atoms with van der Waals surface area (Å²) in [5.74, 6) is -0.177. The van der Waals surface area contributed by atoms with Gasteiger partial charge in [-0.05, 0) is 49.6 Å². The van der Waals surface area contributed by atoms with Crippen LogP contribution in [0, 0.1) is 12.3 Å². The van der Waals surface area contributed by atoms with Crippen LogP contribution in [0.15, 0.2) is 54.6 Å². The molecule has 0 aromatic heterocycles. The van der Waals surface area contributed by atoms with Crippen molar-refractivity contribution in [2.24, 2.45) is 5.41 Å². The summed E-state index contributed by atoms with van der Waals surface area (Å²) in [6.07, 6.45) is 1.28. The quantitative estimate of drug-likeness (QED) is 0.850. The zero-order chi connectivity index (χ0) is 18.9. The molecule has 2 amide bonds. The van der Waals surface area contributed by atoms with Crippen molar-refractivity contribution in [2.75, 3.05) is 36.4 Å². The maximum Gasteiger partial charge on any atom is 0.240 e. The van der Waals surface area contributed by atoms with Gasteiger partial charge in [0, 0.05) is 37.6 Å². The molecule has 5 nitrogen and oxygen atoms in total. The highest BCUT2D eigenvalue weighted by Gasteiger charge is 2.58. The molecule has 2 aromatic rings. The average Bonchev–Trinajstić information content (AvgIpc) is 3.50. The molecule has 1 aliphatic carbocycles. The van der Waals surface area contributed by atoms with Gasteiger partial charge in [0.1, 0.15) is 5.41 Å². The van der Waals surface area contributed by atoms with Crippen molar-refractivity contribution in [3.05, 3.63) is 60.2 Å². The first-order chi connectivity index (χ1) is 13.1. The zero-order valence-corrected chi connectivity index (χ0v) is 15.6. The van der Waals surface area contributed by atoms with Gasteiger partial charge in [-0.1, -0.05) is 30.3 Å². The van der Waals surface area contributed by atoms with Crippen molar-refractivity contribution in [3.8, 4) is 0 Å². The van der Waals surface area contributed by atoms with E-state index in [-0.39, 0.29) is 11.8 Å². The predicted octanol–water partition coefficient (Wildman–Crippen LogP) is 3.06. The van der Waals surface area contributed by atoms with Crippen LogP contribution in [0.25, 0.3) is 0 Å². The summed E-state index contributed by atoms with van der Waals surface area (Å²) in [5, 5.41) is 2.94. The fourth-order valence-electron chi connectivity index (χ4n) is 3.75. The molecular formula is C22H25N3O2. The number of hydrogen-bond acceptors (Lipinski definition) is 3. The van der Waals surface area contributed by atoms with Gasteiger partial charge in [-0.2, -0.15) is 0 Å². The molecule has 1 heterocycles. The lowest BCUT2D eigenvalue weighted by Gasteiger charge is -2.37. The van der Waals surface area contributed by atoms with Crippen LogP contribution in [0.5, 0.6) is 0 Å². The van der Waals surface area contributed by atoms with Crippen molar-refractivity contribution < 1.29 is 9.59 Å². The molecule has 4 rings (SSSR count). The summed E-state index contributed by atoms with van der Waals surface area (Å²) in [6, 6.07) is 17.9. The van der Waals surface area contributed by atoms with Gasteiger partial charge < -0.3 is 15.1 Å². The lowest BCUT2D eigenvalue weighted by atomic mass is 10.0. The molecular weight excluding hydrogens is 338 g/mol. The third-order valence-electron chi connectivity index (χ3n) is 5.56. The first-order valence-corrected chi connectivity index (χ1v) is 9.56. The van der Waals surface area contributed by atoms with Crippen LogP contribution >= 0.6 is 0 Å². The topological polar surface area (TPSA) is 52.7 Å². The van der Waals surface area contributed by atoms with Crippen LogP contribution in [0.1, 0.15) is 18.4 Å². The first-order valence-electron chi connectivity index (χ1n) is 9.56. The summed E-state index contributed by atoms with van der Waals surface area (Å²) in [4.78, 5) is 30.0. The Hall–Kier alpha value is -2.82. The van der Waals surface area contributed by atoms with Crippen molar-refractivity contribution >= 4 is 23.2 Å². The summed E-state index contributed by atoms with van der Waals surface area (Å²) >= 11 is 0. The maximum atomic E-state index is 13.1. The van der Waals surface area contributed by atoms with Crippen LogP contribution in [-0.2, 0) is 9.59 Å². The van der Waals surface area contributed by atoms with Crippen LogP contribution in [0.3, 0.4) is 0 Å². The predicted molar refractivity (Wildman–Crippen MR) is 107 cm³/mol. The van der Waals surface area contributed by atoms with E-state index in [0.717, 1.165) is 24.3 Å². The standard InChI is InChI=1S/C22H25N3O2/c1-17-6-5-7-18(16-17)23-20(26)22(10-11-22)21(27)25-14-12-24(13-15-25)19-8-3-2-4-9-19/h2-9,16H,10-15H2,1H3,(H,23,26). The van der Waals surface area contributed by atoms with E-state index in [9.17, 15) is 9.59 Å². The van der Waals surface area contributed by atoms with E-state index in [1.165, 1.54) is 5.69 Å². The van der Waals surface area contributed by atoms with Gasteiger partial charge in [0.15, 0.2) is 0 Å². The van der Waals surface area contributed by atoms with E-state index in [2.05, 4.69) is 22.3 Å². The third-order valence-corrected chi connectivity index (χ3v) is 5.56. The van der Waals surface area contributed by atoms with Gasteiger partial charge >= 0.3 is 0 Å². The Kier molecular flexibility index (Phi) is 4.60. The highest BCUT2D eigenvalue weighted by atomic mass is 16.2. The molecule has 1 saturated heterocycles. The second-order valence-electron chi connectivity index (χ2n) is 7.52. The Morgan fingerprint density at radius 1 is 0.926 bits per heavy atom. The number of benzene rings is 2. The number of piperazine rings is 1. The molecule has 5 heteroatoms. The van der Waals surface area contributed by atoms with Gasteiger partial charge in [0.25, 0.3) is 0 Å². The van der Waals surface area contributed by atoms with E-state index < -0.39 is 5.41 Å². The molecule has 27 heavy (non-hydrogen) atoms. The minimum atomic E-state index is -0.862. The number of rotatable bonds is 4. The molecule has 1 N–H and O–H groups in total. The summed E-state index contributed by atoms with van der Waals surface area (Å²) in [6.45, 7) is 4.90. The minimum Gasteiger partial charge on any atom is -0.368 e. The zero-order valence-electron chi connectivity index (χ0n) is 15.6. The number of para-hydroxylation sites is 1.